The van der Waals surface area contributed by atoms with Crippen LogP contribution in [0.5, 0.6) is 0 Å². The first-order valence-corrected chi connectivity index (χ1v) is 6.97. The molecule has 1 amide bonds. The van der Waals surface area contributed by atoms with E-state index >= 15 is 0 Å². The van der Waals surface area contributed by atoms with Crippen LogP contribution in [0.2, 0.25) is 5.02 Å². The second-order valence-electron chi connectivity index (χ2n) is 4.44. The molecule has 0 unspecified atom stereocenters. The molecule has 0 aromatic heterocycles. The summed E-state index contributed by atoms with van der Waals surface area (Å²) in [6.45, 7) is 3.88. The number of rotatable bonds is 2. The number of carbonyl (C=O) groups excluding carboxylic acids is 1. The van der Waals surface area contributed by atoms with Crippen molar-refractivity contribution in [2.75, 3.05) is 5.32 Å². The van der Waals surface area contributed by atoms with Crippen molar-refractivity contribution in [3.05, 3.63) is 62.6 Å². The van der Waals surface area contributed by atoms with Crippen molar-refractivity contribution < 1.29 is 4.79 Å². The molecule has 19 heavy (non-hydrogen) atoms. The molecule has 4 heteroatoms. The fourth-order valence-corrected chi connectivity index (χ4v) is 2.53. The first-order valence-electron chi connectivity index (χ1n) is 5.80. The minimum atomic E-state index is -0.167. The van der Waals surface area contributed by atoms with Gasteiger partial charge < -0.3 is 5.32 Å². The summed E-state index contributed by atoms with van der Waals surface area (Å²) in [6, 6.07) is 11.0. The van der Waals surface area contributed by atoms with Gasteiger partial charge in [0.1, 0.15) is 0 Å². The van der Waals surface area contributed by atoms with Crippen molar-refractivity contribution in [2.24, 2.45) is 0 Å². The molecule has 1 N–H and O–H groups in total. The maximum absolute atomic E-state index is 12.1. The van der Waals surface area contributed by atoms with Crippen molar-refractivity contribution >= 4 is 39.1 Å². The summed E-state index contributed by atoms with van der Waals surface area (Å²) in [4.78, 5) is 12.1. The fraction of sp³-hybridized carbons (Fsp3) is 0.133. The topological polar surface area (TPSA) is 29.1 Å². The molecule has 98 valence electrons. The third-order valence-corrected chi connectivity index (χ3v) is 3.60. The number of amides is 1. The Labute approximate surface area is 125 Å². The maximum atomic E-state index is 12.1. The van der Waals surface area contributed by atoms with Crippen LogP contribution in [0.15, 0.2) is 40.9 Å². The van der Waals surface area contributed by atoms with Gasteiger partial charge in [-0.3, -0.25) is 4.79 Å². The lowest BCUT2D eigenvalue weighted by Gasteiger charge is -2.08. The van der Waals surface area contributed by atoms with E-state index in [1.165, 1.54) is 0 Å². The Hall–Kier alpha value is -1.32. The monoisotopic (exact) mass is 337 g/mol. The second-order valence-corrected chi connectivity index (χ2v) is 5.76. The molecule has 2 rings (SSSR count). The quantitative estimate of drug-likeness (QED) is 0.823. The van der Waals surface area contributed by atoms with E-state index in [0.29, 0.717) is 10.6 Å². The van der Waals surface area contributed by atoms with Crippen molar-refractivity contribution in [2.45, 2.75) is 13.8 Å². The molecule has 0 aliphatic carbocycles. The smallest absolute Gasteiger partial charge is 0.255 e. The van der Waals surface area contributed by atoms with Crippen molar-refractivity contribution in [3.8, 4) is 0 Å². The molecule has 0 atom stereocenters. The van der Waals surface area contributed by atoms with E-state index in [9.17, 15) is 4.79 Å². The van der Waals surface area contributed by atoms with Crippen LogP contribution in [0.25, 0.3) is 0 Å². The number of halogens is 2. The molecule has 0 aliphatic rings. The largest absolute Gasteiger partial charge is 0.322 e. The first-order chi connectivity index (χ1) is 8.95. The Morgan fingerprint density at radius 1 is 1.16 bits per heavy atom. The number of nitrogens with one attached hydrogen (secondary N) is 1. The zero-order valence-corrected chi connectivity index (χ0v) is 13.0. The SMILES string of the molecule is Cc1cc(Br)cc(NC(=O)c2ccc(C)c(Cl)c2)c1. The van der Waals surface area contributed by atoms with Crippen LogP contribution in [-0.2, 0) is 0 Å². The van der Waals surface area contributed by atoms with Crippen molar-refractivity contribution in [1.82, 2.24) is 0 Å². The molecule has 0 radical (unpaired) electrons. The molecule has 0 heterocycles. The minimum Gasteiger partial charge on any atom is -0.322 e. The van der Waals surface area contributed by atoms with E-state index in [-0.39, 0.29) is 5.91 Å². The number of carbonyl (C=O) groups is 1. The molecule has 0 spiro atoms. The molecule has 0 fully saturated rings. The van der Waals surface area contributed by atoms with Gasteiger partial charge in [0.15, 0.2) is 0 Å². The molecule has 2 nitrogen and oxygen atoms in total. The van der Waals surface area contributed by atoms with Gasteiger partial charge in [0.05, 0.1) is 0 Å². The van der Waals surface area contributed by atoms with Crippen molar-refractivity contribution in [1.29, 1.82) is 0 Å². The van der Waals surface area contributed by atoms with Gasteiger partial charge in [-0.15, -0.1) is 0 Å². The zero-order chi connectivity index (χ0) is 14.0. The molecular weight excluding hydrogens is 326 g/mol. The van der Waals surface area contributed by atoms with Crippen LogP contribution in [0.4, 0.5) is 5.69 Å². The molecule has 0 saturated heterocycles. The highest BCUT2D eigenvalue weighted by Gasteiger charge is 2.08. The second kappa shape index (κ2) is 5.76. The zero-order valence-electron chi connectivity index (χ0n) is 10.6. The van der Waals surface area contributed by atoms with E-state index in [4.69, 9.17) is 11.6 Å². The van der Waals surface area contributed by atoms with Crippen molar-refractivity contribution in [3.63, 3.8) is 0 Å². The lowest BCUT2D eigenvalue weighted by molar-refractivity contribution is 0.102. The minimum absolute atomic E-state index is 0.167. The van der Waals surface area contributed by atoms with E-state index < -0.39 is 0 Å². The maximum Gasteiger partial charge on any atom is 0.255 e. The third-order valence-electron chi connectivity index (χ3n) is 2.73. The number of benzene rings is 2. The van der Waals surface area contributed by atoms with Gasteiger partial charge in [0.2, 0.25) is 0 Å². The summed E-state index contributed by atoms with van der Waals surface area (Å²) in [7, 11) is 0. The van der Waals surface area contributed by atoms with Crippen LogP contribution in [0.3, 0.4) is 0 Å². The molecule has 0 bridgehead atoms. The highest BCUT2D eigenvalue weighted by atomic mass is 79.9. The average molecular weight is 339 g/mol. The summed E-state index contributed by atoms with van der Waals surface area (Å²) in [5, 5.41) is 3.45. The number of hydrogen-bond donors (Lipinski definition) is 1. The van der Waals surface area contributed by atoms with Gasteiger partial charge in [-0.1, -0.05) is 33.6 Å². The molecule has 0 aliphatic heterocycles. The summed E-state index contributed by atoms with van der Waals surface area (Å²) in [6.07, 6.45) is 0. The normalized spacial score (nSPS) is 10.3. The van der Waals surface area contributed by atoms with Crippen LogP contribution in [-0.4, -0.2) is 5.91 Å². The van der Waals surface area contributed by atoms with E-state index in [1.807, 2.05) is 38.1 Å². The summed E-state index contributed by atoms with van der Waals surface area (Å²) >= 11 is 9.43. The van der Waals surface area contributed by atoms with E-state index in [2.05, 4.69) is 21.2 Å². The predicted octanol–water partition coefficient (Wildman–Crippen LogP) is 4.97. The van der Waals surface area contributed by atoms with Gasteiger partial charge in [0, 0.05) is 20.7 Å². The molecular formula is C15H13BrClNO. The summed E-state index contributed by atoms with van der Waals surface area (Å²) in [5.41, 5.74) is 3.34. The molecule has 2 aromatic rings. The van der Waals surface area contributed by atoms with Gasteiger partial charge in [0.25, 0.3) is 5.91 Å². The Bertz CT molecular complexity index is 620. The number of aryl methyl sites for hydroxylation is 2. The number of hydrogen-bond acceptors (Lipinski definition) is 1. The Kier molecular flexibility index (Phi) is 4.27. The molecule has 2 aromatic carbocycles. The average Bonchev–Trinajstić information content (AvgIpc) is 2.31. The van der Waals surface area contributed by atoms with E-state index in [0.717, 1.165) is 21.3 Å². The van der Waals surface area contributed by atoms with Gasteiger partial charge in [-0.25, -0.2) is 0 Å². The van der Waals surface area contributed by atoms with Gasteiger partial charge in [-0.05, 0) is 55.3 Å². The van der Waals surface area contributed by atoms with Crippen LogP contribution >= 0.6 is 27.5 Å². The van der Waals surface area contributed by atoms with Crippen LogP contribution in [0, 0.1) is 13.8 Å². The highest BCUT2D eigenvalue weighted by Crippen LogP contribution is 2.21. The standard InChI is InChI=1S/C15H13BrClNO/c1-9-5-12(16)8-13(6-9)18-15(19)11-4-3-10(2)14(17)7-11/h3-8H,1-2H3,(H,18,19). The van der Waals surface area contributed by atoms with Gasteiger partial charge >= 0.3 is 0 Å². The fourth-order valence-electron chi connectivity index (χ4n) is 1.75. The Morgan fingerprint density at radius 2 is 1.89 bits per heavy atom. The lowest BCUT2D eigenvalue weighted by Crippen LogP contribution is -2.12. The molecule has 0 saturated carbocycles. The lowest BCUT2D eigenvalue weighted by atomic mass is 10.1. The van der Waals surface area contributed by atoms with E-state index in [1.54, 1.807) is 12.1 Å². The summed E-state index contributed by atoms with van der Waals surface area (Å²) in [5.74, 6) is -0.167. The predicted molar refractivity (Wildman–Crippen MR) is 83.0 cm³/mol. The third kappa shape index (κ3) is 3.58. The summed E-state index contributed by atoms with van der Waals surface area (Å²) < 4.78 is 0.935. The highest BCUT2D eigenvalue weighted by molar-refractivity contribution is 9.10. The Morgan fingerprint density at radius 3 is 2.53 bits per heavy atom. The number of anilines is 1. The van der Waals surface area contributed by atoms with Crippen LogP contribution < -0.4 is 5.32 Å². The van der Waals surface area contributed by atoms with Gasteiger partial charge in [-0.2, -0.15) is 0 Å². The Balaban J connectivity index is 2.22. The first kappa shape index (κ1) is 14.1. The van der Waals surface area contributed by atoms with Crippen LogP contribution in [0.1, 0.15) is 21.5 Å².